The molecule has 1 rings (SSSR count). The van der Waals surface area contributed by atoms with Gasteiger partial charge in [-0.3, -0.25) is 0 Å². The van der Waals surface area contributed by atoms with Gasteiger partial charge in [-0.25, -0.2) is 4.79 Å². The second-order valence-corrected chi connectivity index (χ2v) is 3.26. The van der Waals surface area contributed by atoms with Crippen LogP contribution in [0.2, 0.25) is 0 Å². The highest BCUT2D eigenvalue weighted by Crippen LogP contribution is 2.09. The van der Waals surface area contributed by atoms with Crippen LogP contribution in [-0.4, -0.2) is 30.6 Å². The first kappa shape index (κ1) is 9.91. The van der Waals surface area contributed by atoms with Gasteiger partial charge < -0.3 is 10.2 Å². The van der Waals surface area contributed by atoms with Crippen molar-refractivity contribution in [1.82, 2.24) is 10.2 Å². The molecule has 1 saturated heterocycles. The first-order chi connectivity index (χ1) is 6.34. The highest BCUT2D eigenvalue weighted by Gasteiger charge is 2.13. The summed E-state index contributed by atoms with van der Waals surface area (Å²) >= 11 is 0. The largest absolute Gasteiger partial charge is 0.327 e. The molecule has 0 bridgehead atoms. The van der Waals surface area contributed by atoms with E-state index in [-0.39, 0.29) is 6.03 Å². The van der Waals surface area contributed by atoms with E-state index in [2.05, 4.69) is 11.2 Å². The lowest BCUT2D eigenvalue weighted by Gasteiger charge is -2.19. The predicted molar refractivity (Wildman–Crippen MR) is 52.3 cm³/mol. The lowest BCUT2D eigenvalue weighted by Crippen LogP contribution is -2.40. The Morgan fingerprint density at radius 2 is 1.92 bits per heavy atom. The number of carbonyl (C=O) groups excluding carboxylic acids is 1. The molecule has 1 aliphatic heterocycles. The minimum absolute atomic E-state index is 0.0140. The number of rotatable bonds is 1. The van der Waals surface area contributed by atoms with Gasteiger partial charge in [-0.1, -0.05) is 18.8 Å². The van der Waals surface area contributed by atoms with Crippen LogP contribution < -0.4 is 5.32 Å². The molecule has 0 saturated carbocycles. The van der Waals surface area contributed by atoms with Crippen molar-refractivity contribution >= 4 is 6.03 Å². The molecule has 0 radical (unpaired) electrons. The summed E-state index contributed by atoms with van der Waals surface area (Å²) < 4.78 is 0. The summed E-state index contributed by atoms with van der Waals surface area (Å²) in [6, 6.07) is -0.0140. The zero-order valence-electron chi connectivity index (χ0n) is 7.88. The Labute approximate surface area is 79.5 Å². The standard InChI is InChI=1S/C10H16N2O/c1-2-7-11-10(13)12-8-5-3-4-6-9-12/h1H,3-9H2,(H,11,13). The molecule has 0 unspecified atom stereocenters. The molecule has 72 valence electrons. The zero-order chi connectivity index (χ0) is 9.52. The molecule has 0 aromatic heterocycles. The van der Waals surface area contributed by atoms with Crippen molar-refractivity contribution in [2.45, 2.75) is 25.7 Å². The second-order valence-electron chi connectivity index (χ2n) is 3.26. The molecule has 0 aromatic rings. The highest BCUT2D eigenvalue weighted by molar-refractivity contribution is 5.74. The van der Waals surface area contributed by atoms with Crippen LogP contribution in [-0.2, 0) is 0 Å². The third-order valence-electron chi connectivity index (χ3n) is 2.23. The average molecular weight is 180 g/mol. The Hall–Kier alpha value is -1.17. The molecule has 0 aliphatic carbocycles. The quantitative estimate of drug-likeness (QED) is 0.604. The number of amides is 2. The van der Waals surface area contributed by atoms with Crippen LogP contribution in [0.5, 0.6) is 0 Å². The van der Waals surface area contributed by atoms with Crippen LogP contribution >= 0.6 is 0 Å². The first-order valence-corrected chi connectivity index (χ1v) is 4.81. The van der Waals surface area contributed by atoms with Gasteiger partial charge in [-0.2, -0.15) is 0 Å². The summed E-state index contributed by atoms with van der Waals surface area (Å²) in [7, 11) is 0. The first-order valence-electron chi connectivity index (χ1n) is 4.81. The van der Waals surface area contributed by atoms with Gasteiger partial charge in [-0.05, 0) is 12.8 Å². The van der Waals surface area contributed by atoms with E-state index in [1.165, 1.54) is 12.8 Å². The van der Waals surface area contributed by atoms with Crippen molar-refractivity contribution < 1.29 is 4.79 Å². The number of nitrogens with one attached hydrogen (secondary N) is 1. The smallest absolute Gasteiger partial charge is 0.318 e. The Balaban J connectivity index is 2.31. The van der Waals surface area contributed by atoms with Gasteiger partial charge in [0.05, 0.1) is 6.54 Å². The summed E-state index contributed by atoms with van der Waals surface area (Å²) in [6.07, 6.45) is 9.75. The molecular formula is C10H16N2O. The fraction of sp³-hybridized carbons (Fsp3) is 0.700. The SMILES string of the molecule is C#CCNC(=O)N1CCCCCC1. The Morgan fingerprint density at radius 3 is 2.46 bits per heavy atom. The van der Waals surface area contributed by atoms with Crippen molar-refractivity contribution in [3.8, 4) is 12.3 Å². The van der Waals surface area contributed by atoms with Gasteiger partial charge in [-0.15, -0.1) is 6.42 Å². The predicted octanol–water partition coefficient (Wildman–Crippen LogP) is 1.21. The number of likely N-dealkylation sites (tertiary alicyclic amines) is 1. The zero-order valence-corrected chi connectivity index (χ0v) is 7.88. The number of nitrogens with zero attached hydrogens (tertiary/aromatic N) is 1. The van der Waals surface area contributed by atoms with Gasteiger partial charge in [0, 0.05) is 13.1 Å². The Kier molecular flexibility index (Phi) is 4.17. The maximum absolute atomic E-state index is 11.4. The normalized spacial score (nSPS) is 17.3. The van der Waals surface area contributed by atoms with Crippen LogP contribution in [0.3, 0.4) is 0 Å². The van der Waals surface area contributed by atoms with Gasteiger partial charge in [0.15, 0.2) is 0 Å². The molecule has 0 atom stereocenters. The molecule has 1 aliphatic rings. The van der Waals surface area contributed by atoms with E-state index in [0.717, 1.165) is 25.9 Å². The molecule has 3 heteroatoms. The van der Waals surface area contributed by atoms with Gasteiger partial charge in [0.25, 0.3) is 0 Å². The molecule has 1 heterocycles. The van der Waals surface area contributed by atoms with E-state index in [4.69, 9.17) is 6.42 Å². The fourth-order valence-corrected chi connectivity index (χ4v) is 1.51. The third-order valence-corrected chi connectivity index (χ3v) is 2.23. The minimum Gasteiger partial charge on any atom is -0.327 e. The average Bonchev–Trinajstić information content (AvgIpc) is 2.42. The molecular weight excluding hydrogens is 164 g/mol. The van der Waals surface area contributed by atoms with Gasteiger partial charge in [0.1, 0.15) is 0 Å². The van der Waals surface area contributed by atoms with Crippen LogP contribution in [0.1, 0.15) is 25.7 Å². The highest BCUT2D eigenvalue weighted by atomic mass is 16.2. The third kappa shape index (κ3) is 3.37. The maximum Gasteiger partial charge on any atom is 0.318 e. The summed E-state index contributed by atoms with van der Waals surface area (Å²) in [6.45, 7) is 2.07. The van der Waals surface area contributed by atoms with Crippen LogP contribution in [0.4, 0.5) is 4.79 Å². The van der Waals surface area contributed by atoms with Crippen LogP contribution in [0, 0.1) is 12.3 Å². The van der Waals surface area contributed by atoms with Gasteiger partial charge >= 0.3 is 6.03 Å². The summed E-state index contributed by atoms with van der Waals surface area (Å²) in [5, 5.41) is 2.68. The fourth-order valence-electron chi connectivity index (χ4n) is 1.51. The van der Waals surface area contributed by atoms with E-state index in [1.54, 1.807) is 0 Å². The lowest BCUT2D eigenvalue weighted by molar-refractivity contribution is 0.201. The Bertz CT molecular complexity index is 199. The Morgan fingerprint density at radius 1 is 1.31 bits per heavy atom. The summed E-state index contributed by atoms with van der Waals surface area (Å²) in [5.74, 6) is 2.39. The van der Waals surface area contributed by atoms with Crippen molar-refractivity contribution in [1.29, 1.82) is 0 Å². The van der Waals surface area contributed by atoms with Crippen molar-refractivity contribution in [3.05, 3.63) is 0 Å². The lowest BCUT2D eigenvalue weighted by atomic mass is 10.2. The molecule has 3 nitrogen and oxygen atoms in total. The molecule has 1 fully saturated rings. The number of urea groups is 1. The monoisotopic (exact) mass is 180 g/mol. The number of hydrogen-bond donors (Lipinski definition) is 1. The minimum atomic E-state index is -0.0140. The van der Waals surface area contributed by atoms with E-state index >= 15 is 0 Å². The van der Waals surface area contributed by atoms with Crippen molar-refractivity contribution in [2.75, 3.05) is 19.6 Å². The molecule has 2 amide bonds. The van der Waals surface area contributed by atoms with E-state index in [9.17, 15) is 4.79 Å². The maximum atomic E-state index is 11.4. The molecule has 0 spiro atoms. The van der Waals surface area contributed by atoms with E-state index in [0.29, 0.717) is 6.54 Å². The number of terminal acetylenes is 1. The van der Waals surface area contributed by atoms with Crippen molar-refractivity contribution in [3.63, 3.8) is 0 Å². The summed E-state index contributed by atoms with van der Waals surface area (Å²) in [4.78, 5) is 13.3. The topological polar surface area (TPSA) is 32.3 Å². The number of carbonyl (C=O) groups is 1. The van der Waals surface area contributed by atoms with Crippen molar-refractivity contribution in [2.24, 2.45) is 0 Å². The molecule has 1 N–H and O–H groups in total. The van der Waals surface area contributed by atoms with Crippen LogP contribution in [0.15, 0.2) is 0 Å². The number of hydrogen-bond acceptors (Lipinski definition) is 1. The van der Waals surface area contributed by atoms with E-state index in [1.807, 2.05) is 4.90 Å². The van der Waals surface area contributed by atoms with Crippen LogP contribution in [0.25, 0.3) is 0 Å². The van der Waals surface area contributed by atoms with Gasteiger partial charge in [0.2, 0.25) is 0 Å². The summed E-state index contributed by atoms with van der Waals surface area (Å²) in [5.41, 5.74) is 0. The van der Waals surface area contributed by atoms with E-state index < -0.39 is 0 Å². The second kappa shape index (κ2) is 5.47. The molecule has 0 aromatic carbocycles. The molecule has 13 heavy (non-hydrogen) atoms.